The minimum atomic E-state index is -0.517. The molecule has 0 unspecified atom stereocenters. The summed E-state index contributed by atoms with van der Waals surface area (Å²) in [5.74, 6) is -0.498. The van der Waals surface area contributed by atoms with Gasteiger partial charge in [-0.2, -0.15) is 0 Å². The molecule has 0 spiro atoms. The Morgan fingerprint density at radius 2 is 1.65 bits per heavy atom. The van der Waals surface area contributed by atoms with Crippen LogP contribution < -0.4 is 15.4 Å². The van der Waals surface area contributed by atoms with E-state index in [1.807, 2.05) is 32.0 Å². The molecule has 0 fully saturated rings. The van der Waals surface area contributed by atoms with Gasteiger partial charge in [0.15, 0.2) is 6.61 Å². The van der Waals surface area contributed by atoms with E-state index in [1.54, 1.807) is 24.3 Å². The van der Waals surface area contributed by atoms with Crippen LogP contribution >= 0.6 is 0 Å². The third-order valence-corrected chi connectivity index (χ3v) is 4.63. The maximum atomic E-state index is 12.7. The number of nitro benzene ring substituents is 1. The molecule has 0 saturated carbocycles. The lowest BCUT2D eigenvalue weighted by Crippen LogP contribution is -2.22. The number of carbonyl (C=O) groups is 2. The molecule has 3 aromatic carbocycles. The Hall–Kier alpha value is -4.20. The predicted octanol–water partition coefficient (Wildman–Crippen LogP) is 4.48. The van der Waals surface area contributed by atoms with E-state index in [0.29, 0.717) is 22.7 Å². The first kappa shape index (κ1) is 21.5. The number of ether oxygens (including phenoxy) is 1. The van der Waals surface area contributed by atoms with E-state index in [0.717, 1.165) is 11.1 Å². The normalized spacial score (nSPS) is 10.3. The average Bonchev–Trinajstić information content (AvgIpc) is 2.75. The van der Waals surface area contributed by atoms with Crippen LogP contribution in [-0.2, 0) is 4.79 Å². The molecule has 0 aliphatic carbocycles. The van der Waals surface area contributed by atoms with Crippen molar-refractivity contribution in [3.05, 3.63) is 93.5 Å². The monoisotopic (exact) mass is 419 g/mol. The van der Waals surface area contributed by atoms with Crippen molar-refractivity contribution in [3.8, 4) is 5.75 Å². The summed E-state index contributed by atoms with van der Waals surface area (Å²) in [5.41, 5.74) is 3.43. The van der Waals surface area contributed by atoms with Gasteiger partial charge in [0, 0.05) is 17.8 Å². The van der Waals surface area contributed by atoms with E-state index >= 15 is 0 Å². The molecule has 2 N–H and O–H groups in total. The van der Waals surface area contributed by atoms with Crippen molar-refractivity contribution >= 4 is 28.9 Å². The number of nitrogens with zero attached hydrogens (tertiary/aromatic N) is 1. The molecule has 31 heavy (non-hydrogen) atoms. The second-order valence-corrected chi connectivity index (χ2v) is 6.89. The molecule has 0 aliphatic rings. The lowest BCUT2D eigenvalue weighted by Gasteiger charge is -2.13. The largest absolute Gasteiger partial charge is 0.484 e. The summed E-state index contributed by atoms with van der Waals surface area (Å²) in [6, 6.07) is 17.7. The molecule has 0 atom stereocenters. The third kappa shape index (κ3) is 5.66. The van der Waals surface area contributed by atoms with Crippen LogP contribution in [0.1, 0.15) is 21.5 Å². The summed E-state index contributed by atoms with van der Waals surface area (Å²) in [6.07, 6.45) is 0. The van der Waals surface area contributed by atoms with Gasteiger partial charge in [-0.05, 0) is 61.4 Å². The fraction of sp³-hybridized carbons (Fsp3) is 0.130. The lowest BCUT2D eigenvalue weighted by molar-refractivity contribution is -0.384. The topological polar surface area (TPSA) is 111 Å². The van der Waals surface area contributed by atoms with E-state index < -0.39 is 10.8 Å². The molecule has 0 bridgehead atoms. The quantitative estimate of drug-likeness (QED) is 0.433. The zero-order valence-corrected chi connectivity index (χ0v) is 17.0. The van der Waals surface area contributed by atoms with Crippen LogP contribution in [0.5, 0.6) is 5.75 Å². The van der Waals surface area contributed by atoms with Crippen molar-refractivity contribution in [1.29, 1.82) is 0 Å². The molecule has 0 saturated heterocycles. The minimum absolute atomic E-state index is 0.0690. The molecule has 0 radical (unpaired) electrons. The van der Waals surface area contributed by atoms with Crippen LogP contribution in [0.3, 0.4) is 0 Å². The summed E-state index contributed by atoms with van der Waals surface area (Å²) in [7, 11) is 0. The van der Waals surface area contributed by atoms with E-state index in [-0.39, 0.29) is 18.2 Å². The Kier molecular flexibility index (Phi) is 6.61. The first-order chi connectivity index (χ1) is 14.8. The SMILES string of the molecule is Cc1ccc(NC(=O)c2ccccc2NC(=O)COc2ccc([N+](=O)[O-])cc2)cc1C. The van der Waals surface area contributed by atoms with Crippen molar-refractivity contribution < 1.29 is 19.2 Å². The number of nitrogens with one attached hydrogen (secondary N) is 2. The molecule has 3 rings (SSSR count). The zero-order chi connectivity index (χ0) is 22.4. The molecule has 3 aromatic rings. The molecule has 2 amide bonds. The van der Waals surface area contributed by atoms with Crippen molar-refractivity contribution in [2.45, 2.75) is 13.8 Å². The molecule has 0 aromatic heterocycles. The molecular weight excluding hydrogens is 398 g/mol. The number of carbonyl (C=O) groups excluding carboxylic acids is 2. The zero-order valence-electron chi connectivity index (χ0n) is 17.0. The van der Waals surface area contributed by atoms with Gasteiger partial charge in [-0.1, -0.05) is 18.2 Å². The van der Waals surface area contributed by atoms with Gasteiger partial charge in [0.2, 0.25) is 0 Å². The average molecular weight is 419 g/mol. The number of amides is 2. The highest BCUT2D eigenvalue weighted by Gasteiger charge is 2.14. The summed E-state index contributed by atoms with van der Waals surface area (Å²) < 4.78 is 5.36. The van der Waals surface area contributed by atoms with Crippen LogP contribution in [-0.4, -0.2) is 23.3 Å². The van der Waals surface area contributed by atoms with Gasteiger partial charge in [-0.25, -0.2) is 0 Å². The van der Waals surface area contributed by atoms with Crippen molar-refractivity contribution in [1.82, 2.24) is 0 Å². The predicted molar refractivity (Wildman–Crippen MR) is 118 cm³/mol. The first-order valence-electron chi connectivity index (χ1n) is 9.48. The molecule has 158 valence electrons. The highest BCUT2D eigenvalue weighted by atomic mass is 16.6. The van der Waals surface area contributed by atoms with Crippen molar-refractivity contribution in [3.63, 3.8) is 0 Å². The van der Waals surface area contributed by atoms with E-state index in [2.05, 4.69) is 10.6 Å². The van der Waals surface area contributed by atoms with E-state index in [9.17, 15) is 19.7 Å². The highest BCUT2D eigenvalue weighted by Crippen LogP contribution is 2.20. The summed E-state index contributed by atoms with van der Waals surface area (Å²) in [4.78, 5) is 35.2. The van der Waals surface area contributed by atoms with Gasteiger partial charge < -0.3 is 15.4 Å². The number of hydrogen-bond donors (Lipinski definition) is 2. The fourth-order valence-electron chi connectivity index (χ4n) is 2.81. The van der Waals surface area contributed by atoms with Crippen LogP contribution in [0.4, 0.5) is 17.1 Å². The smallest absolute Gasteiger partial charge is 0.269 e. The highest BCUT2D eigenvalue weighted by molar-refractivity contribution is 6.10. The number of nitro groups is 1. The van der Waals surface area contributed by atoms with Gasteiger partial charge in [0.1, 0.15) is 5.75 Å². The molecule has 8 heteroatoms. The number of benzene rings is 3. The van der Waals surface area contributed by atoms with E-state index in [4.69, 9.17) is 4.74 Å². The van der Waals surface area contributed by atoms with Crippen LogP contribution in [0.15, 0.2) is 66.7 Å². The summed E-state index contributed by atoms with van der Waals surface area (Å²) in [5, 5.41) is 16.2. The number of anilines is 2. The number of rotatable bonds is 7. The Morgan fingerprint density at radius 1 is 0.935 bits per heavy atom. The van der Waals surface area contributed by atoms with Crippen LogP contribution in [0.2, 0.25) is 0 Å². The fourth-order valence-corrected chi connectivity index (χ4v) is 2.81. The molecular formula is C23H21N3O5. The van der Waals surface area contributed by atoms with Crippen LogP contribution in [0.25, 0.3) is 0 Å². The maximum Gasteiger partial charge on any atom is 0.269 e. The Bertz CT molecular complexity index is 1130. The van der Waals surface area contributed by atoms with Gasteiger partial charge in [0.25, 0.3) is 17.5 Å². The minimum Gasteiger partial charge on any atom is -0.484 e. The van der Waals surface area contributed by atoms with Crippen LogP contribution in [0, 0.1) is 24.0 Å². The molecule has 8 nitrogen and oxygen atoms in total. The third-order valence-electron chi connectivity index (χ3n) is 4.63. The van der Waals surface area contributed by atoms with Gasteiger partial charge in [0.05, 0.1) is 16.2 Å². The second kappa shape index (κ2) is 9.53. The Morgan fingerprint density at radius 3 is 2.32 bits per heavy atom. The number of aryl methyl sites for hydroxylation is 2. The standard InChI is InChI=1S/C23H21N3O5/c1-15-7-8-17(13-16(15)2)24-23(28)20-5-3-4-6-21(20)25-22(27)14-31-19-11-9-18(10-12-19)26(29)30/h3-13H,14H2,1-2H3,(H,24,28)(H,25,27). The maximum absolute atomic E-state index is 12.7. The molecule has 0 aliphatic heterocycles. The lowest BCUT2D eigenvalue weighted by atomic mass is 10.1. The summed E-state index contributed by atoms with van der Waals surface area (Å²) >= 11 is 0. The van der Waals surface area contributed by atoms with E-state index in [1.165, 1.54) is 24.3 Å². The number of non-ortho nitro benzene ring substituents is 1. The van der Waals surface area contributed by atoms with Crippen molar-refractivity contribution in [2.24, 2.45) is 0 Å². The first-order valence-corrected chi connectivity index (χ1v) is 9.48. The molecule has 0 heterocycles. The van der Waals surface area contributed by atoms with Crippen molar-refractivity contribution in [2.75, 3.05) is 17.2 Å². The van der Waals surface area contributed by atoms with Gasteiger partial charge in [-0.3, -0.25) is 19.7 Å². The number of para-hydroxylation sites is 1. The second-order valence-electron chi connectivity index (χ2n) is 6.89. The Balaban J connectivity index is 1.63. The van der Waals surface area contributed by atoms with Gasteiger partial charge in [-0.15, -0.1) is 0 Å². The Labute approximate surface area is 179 Å². The number of hydrogen-bond acceptors (Lipinski definition) is 5. The summed E-state index contributed by atoms with van der Waals surface area (Å²) in [6.45, 7) is 3.64. The van der Waals surface area contributed by atoms with Gasteiger partial charge >= 0.3 is 0 Å².